The van der Waals surface area contributed by atoms with Crippen LogP contribution < -0.4 is 5.32 Å². The van der Waals surface area contributed by atoms with Gasteiger partial charge in [0.1, 0.15) is 11.9 Å². The maximum absolute atomic E-state index is 13.7. The number of hydrogen-bond acceptors (Lipinski definition) is 4. The number of piperazine rings is 1. The molecule has 164 valence electrons. The first-order chi connectivity index (χ1) is 15.2. The van der Waals surface area contributed by atoms with E-state index in [1.54, 1.807) is 12.1 Å². The number of carbonyl (C=O) groups is 1. The van der Waals surface area contributed by atoms with E-state index in [1.165, 1.54) is 17.7 Å². The molecule has 0 radical (unpaired) electrons. The molecular weight excluding hydrogens is 393 g/mol. The summed E-state index contributed by atoms with van der Waals surface area (Å²) >= 11 is 0. The summed E-state index contributed by atoms with van der Waals surface area (Å²) in [5.74, 6) is -0.228. The highest BCUT2D eigenvalue weighted by atomic mass is 19.1. The first-order valence-corrected chi connectivity index (χ1v) is 11.4. The second-order valence-electron chi connectivity index (χ2n) is 8.75. The van der Waals surface area contributed by atoms with Gasteiger partial charge in [-0.3, -0.25) is 9.69 Å². The second-order valence-corrected chi connectivity index (χ2v) is 8.75. The fraction of sp³-hybridized carbons (Fsp3) is 0.480. The number of nitrogens with one attached hydrogen (secondary N) is 1. The molecule has 5 nitrogen and oxygen atoms in total. The predicted octanol–water partition coefficient (Wildman–Crippen LogP) is 2.75. The van der Waals surface area contributed by atoms with Gasteiger partial charge in [-0.2, -0.15) is 0 Å². The number of rotatable bonds is 3. The Bertz CT molecular complexity index is 935. The van der Waals surface area contributed by atoms with Crippen molar-refractivity contribution in [2.45, 2.75) is 44.0 Å². The molecule has 0 saturated carbocycles. The number of carbonyl (C=O) groups excluding carboxylic acids is 1. The molecule has 3 aliphatic rings. The first-order valence-electron chi connectivity index (χ1n) is 11.4. The van der Waals surface area contributed by atoms with Gasteiger partial charge < -0.3 is 15.0 Å². The molecule has 0 aliphatic carbocycles. The molecule has 2 aromatic carbocycles. The van der Waals surface area contributed by atoms with Gasteiger partial charge in [-0.25, -0.2) is 4.39 Å². The van der Waals surface area contributed by atoms with E-state index in [9.17, 15) is 9.18 Å². The number of fused-ring (bicyclic) bond motifs is 2. The largest absolute Gasteiger partial charge is 0.367 e. The van der Waals surface area contributed by atoms with Gasteiger partial charge in [0, 0.05) is 31.7 Å². The van der Waals surface area contributed by atoms with E-state index in [-0.39, 0.29) is 23.8 Å². The minimum Gasteiger partial charge on any atom is -0.367 e. The number of nitrogens with zero attached hydrogens (tertiary/aromatic N) is 2. The highest BCUT2D eigenvalue weighted by Gasteiger charge is 2.42. The van der Waals surface area contributed by atoms with E-state index in [0.717, 1.165) is 37.2 Å². The lowest BCUT2D eigenvalue weighted by molar-refractivity contribution is -0.154. The summed E-state index contributed by atoms with van der Waals surface area (Å²) in [5, 5.41) is 3.60. The zero-order valence-electron chi connectivity index (χ0n) is 18.0. The van der Waals surface area contributed by atoms with Crippen molar-refractivity contribution in [2.24, 2.45) is 0 Å². The van der Waals surface area contributed by atoms with Crippen molar-refractivity contribution < 1.29 is 13.9 Å². The van der Waals surface area contributed by atoms with Gasteiger partial charge in [0.2, 0.25) is 0 Å². The minimum atomic E-state index is -0.446. The standard InChI is InChI=1S/C25H30FN3O2/c1-2-28-14-12-27-21-15-23(31-16-22(21)28)25(30)29-13-11-17-5-3-4-6-20(17)24(29)18-7-9-19(26)10-8-18/h3-10,21-24,27H,2,11-16H2,1H3/t21-,22-,23+,24-/m0/s1. The number of benzene rings is 2. The van der Waals surface area contributed by atoms with Crippen LogP contribution >= 0.6 is 0 Å². The van der Waals surface area contributed by atoms with Gasteiger partial charge in [-0.05, 0) is 48.2 Å². The van der Waals surface area contributed by atoms with Crippen LogP contribution in [0.3, 0.4) is 0 Å². The van der Waals surface area contributed by atoms with Crippen molar-refractivity contribution in [1.82, 2.24) is 15.1 Å². The molecule has 0 spiro atoms. The molecule has 3 heterocycles. The number of halogens is 1. The van der Waals surface area contributed by atoms with Gasteiger partial charge in [0.25, 0.3) is 5.91 Å². The molecule has 2 saturated heterocycles. The van der Waals surface area contributed by atoms with Crippen molar-refractivity contribution >= 4 is 5.91 Å². The van der Waals surface area contributed by atoms with Gasteiger partial charge in [0.15, 0.2) is 0 Å². The Morgan fingerprint density at radius 3 is 2.77 bits per heavy atom. The highest BCUT2D eigenvalue weighted by Crippen LogP contribution is 2.36. The number of ether oxygens (including phenoxy) is 1. The van der Waals surface area contributed by atoms with E-state index < -0.39 is 6.10 Å². The predicted molar refractivity (Wildman–Crippen MR) is 117 cm³/mol. The third-order valence-corrected chi connectivity index (χ3v) is 7.11. The van der Waals surface area contributed by atoms with E-state index in [4.69, 9.17) is 4.74 Å². The fourth-order valence-electron chi connectivity index (χ4n) is 5.48. The number of amides is 1. The second kappa shape index (κ2) is 8.69. The zero-order chi connectivity index (χ0) is 21.4. The van der Waals surface area contributed by atoms with Crippen LogP contribution in [0.25, 0.3) is 0 Å². The van der Waals surface area contributed by atoms with Crippen molar-refractivity contribution in [3.05, 3.63) is 71.0 Å². The summed E-state index contributed by atoms with van der Waals surface area (Å²) in [5.41, 5.74) is 3.30. The topological polar surface area (TPSA) is 44.8 Å². The molecule has 3 aliphatic heterocycles. The van der Waals surface area contributed by atoms with Crippen LogP contribution in [-0.4, -0.2) is 66.7 Å². The van der Waals surface area contributed by atoms with Gasteiger partial charge in [0.05, 0.1) is 12.6 Å². The Hall–Kier alpha value is -2.28. The Balaban J connectivity index is 1.42. The normalized spacial score (nSPS) is 28.6. The quantitative estimate of drug-likeness (QED) is 0.825. The lowest BCUT2D eigenvalue weighted by Crippen LogP contribution is -2.64. The Labute approximate surface area is 183 Å². The molecule has 6 heteroatoms. The number of hydrogen-bond donors (Lipinski definition) is 1. The smallest absolute Gasteiger partial charge is 0.252 e. The summed E-state index contributed by atoms with van der Waals surface area (Å²) in [6, 6.07) is 15.2. The van der Waals surface area contributed by atoms with Crippen molar-refractivity contribution in [1.29, 1.82) is 0 Å². The molecule has 1 amide bonds. The van der Waals surface area contributed by atoms with Crippen LogP contribution in [0.15, 0.2) is 48.5 Å². The van der Waals surface area contributed by atoms with Crippen molar-refractivity contribution in [2.75, 3.05) is 32.8 Å². The molecule has 0 aromatic heterocycles. The molecular formula is C25H30FN3O2. The van der Waals surface area contributed by atoms with Gasteiger partial charge in [-0.15, -0.1) is 0 Å². The third kappa shape index (κ3) is 3.88. The van der Waals surface area contributed by atoms with Gasteiger partial charge >= 0.3 is 0 Å². The highest BCUT2D eigenvalue weighted by molar-refractivity contribution is 5.82. The van der Waals surface area contributed by atoms with Crippen LogP contribution in [0.2, 0.25) is 0 Å². The molecule has 2 fully saturated rings. The Morgan fingerprint density at radius 1 is 1.16 bits per heavy atom. The summed E-state index contributed by atoms with van der Waals surface area (Å²) in [6.07, 6.45) is 1.06. The summed E-state index contributed by atoms with van der Waals surface area (Å²) in [4.78, 5) is 18.1. The third-order valence-electron chi connectivity index (χ3n) is 7.11. The Kier molecular flexibility index (Phi) is 5.78. The summed E-state index contributed by atoms with van der Waals surface area (Å²) < 4.78 is 19.8. The first kappa shape index (κ1) is 20.6. The molecule has 1 N–H and O–H groups in total. The SMILES string of the molecule is CCN1CCN[C@H]2C[C@H](C(=O)N3CCc4ccccc4[C@@H]3c3ccc(F)cc3)OC[C@@H]21. The van der Waals surface area contributed by atoms with Crippen LogP contribution in [-0.2, 0) is 16.0 Å². The van der Waals surface area contributed by atoms with Crippen molar-refractivity contribution in [3.63, 3.8) is 0 Å². The maximum Gasteiger partial charge on any atom is 0.252 e. The average Bonchev–Trinajstić information content (AvgIpc) is 2.82. The van der Waals surface area contributed by atoms with Crippen molar-refractivity contribution in [3.8, 4) is 0 Å². The van der Waals surface area contributed by atoms with Crippen LogP contribution in [0.5, 0.6) is 0 Å². The molecule has 31 heavy (non-hydrogen) atoms. The minimum absolute atomic E-state index is 0.0395. The van der Waals surface area contributed by atoms with Crippen LogP contribution in [0.4, 0.5) is 4.39 Å². The zero-order valence-corrected chi connectivity index (χ0v) is 18.0. The molecule has 0 unspecified atom stereocenters. The average molecular weight is 424 g/mol. The van der Waals surface area contributed by atoms with E-state index in [1.807, 2.05) is 17.0 Å². The fourth-order valence-corrected chi connectivity index (χ4v) is 5.48. The van der Waals surface area contributed by atoms with Crippen LogP contribution in [0, 0.1) is 5.82 Å². The monoisotopic (exact) mass is 423 g/mol. The summed E-state index contributed by atoms with van der Waals surface area (Å²) in [6.45, 7) is 6.37. The molecule has 0 bridgehead atoms. The molecule has 4 atom stereocenters. The Morgan fingerprint density at radius 2 is 1.97 bits per heavy atom. The van der Waals surface area contributed by atoms with Crippen LogP contribution in [0.1, 0.15) is 36.1 Å². The van der Waals surface area contributed by atoms with E-state index >= 15 is 0 Å². The van der Waals surface area contributed by atoms with E-state index in [2.05, 4.69) is 29.3 Å². The lowest BCUT2D eigenvalue weighted by Gasteiger charge is -2.47. The van der Waals surface area contributed by atoms with Gasteiger partial charge in [-0.1, -0.05) is 43.3 Å². The van der Waals surface area contributed by atoms with E-state index in [0.29, 0.717) is 25.6 Å². The molecule has 2 aromatic rings. The number of likely N-dealkylation sites (N-methyl/N-ethyl adjacent to an activating group) is 1. The lowest BCUT2D eigenvalue weighted by atomic mass is 9.87. The summed E-state index contributed by atoms with van der Waals surface area (Å²) in [7, 11) is 0. The molecule has 5 rings (SSSR count). The maximum atomic E-state index is 13.7.